The van der Waals surface area contributed by atoms with Crippen LogP contribution in [0.1, 0.15) is 19.8 Å². The number of hydrogen-bond acceptors (Lipinski definition) is 5. The lowest BCUT2D eigenvalue weighted by molar-refractivity contribution is -0.149. The molecule has 1 heterocycles. The molecule has 1 fully saturated rings. The Kier molecular flexibility index (Phi) is 5.59. The molecule has 1 aromatic carbocycles. The molecule has 2 rings (SSSR count). The number of piperidine rings is 1. The molecular weight excluding hydrogens is 325 g/mol. The molecule has 1 saturated heterocycles. The summed E-state index contributed by atoms with van der Waals surface area (Å²) in [6.45, 7) is 2.46. The van der Waals surface area contributed by atoms with E-state index in [1.54, 1.807) is 6.92 Å². The highest BCUT2D eigenvalue weighted by molar-refractivity contribution is 7.89. The summed E-state index contributed by atoms with van der Waals surface area (Å²) in [6, 6.07) is 3.55. The molecule has 0 bridgehead atoms. The Bertz CT molecular complexity index is 668. The van der Waals surface area contributed by atoms with Gasteiger partial charge >= 0.3 is 5.97 Å². The Labute approximate surface area is 135 Å². The lowest BCUT2D eigenvalue weighted by Crippen LogP contribution is -2.40. The van der Waals surface area contributed by atoms with Crippen LogP contribution in [0.3, 0.4) is 0 Å². The fourth-order valence-corrected chi connectivity index (χ4v) is 4.03. The van der Waals surface area contributed by atoms with E-state index >= 15 is 0 Å². The van der Waals surface area contributed by atoms with E-state index in [-0.39, 0.29) is 35.6 Å². The van der Waals surface area contributed by atoms with Gasteiger partial charge in [0.1, 0.15) is 0 Å². The van der Waals surface area contributed by atoms with Crippen LogP contribution in [0.5, 0.6) is 5.75 Å². The molecule has 0 unspecified atom stereocenters. The van der Waals surface area contributed by atoms with Crippen LogP contribution in [-0.4, -0.2) is 45.5 Å². The maximum atomic E-state index is 13.7. The highest BCUT2D eigenvalue weighted by atomic mass is 32.2. The van der Waals surface area contributed by atoms with Crippen LogP contribution in [-0.2, 0) is 19.6 Å². The number of esters is 1. The predicted octanol–water partition coefficient (Wildman–Crippen LogP) is 1.80. The fourth-order valence-electron chi connectivity index (χ4n) is 2.55. The Morgan fingerprint density at radius 1 is 1.35 bits per heavy atom. The number of rotatable bonds is 5. The van der Waals surface area contributed by atoms with Crippen LogP contribution in [0.25, 0.3) is 0 Å². The second-order valence-electron chi connectivity index (χ2n) is 5.23. The first-order valence-corrected chi connectivity index (χ1v) is 8.84. The summed E-state index contributed by atoms with van der Waals surface area (Å²) in [5.74, 6) is -1.31. The van der Waals surface area contributed by atoms with Gasteiger partial charge in [-0.25, -0.2) is 12.8 Å². The topological polar surface area (TPSA) is 72.9 Å². The summed E-state index contributed by atoms with van der Waals surface area (Å²) < 4.78 is 49.8. The van der Waals surface area contributed by atoms with E-state index < -0.39 is 15.8 Å². The van der Waals surface area contributed by atoms with Crippen molar-refractivity contribution >= 4 is 16.0 Å². The van der Waals surface area contributed by atoms with Gasteiger partial charge in [0.05, 0.1) is 24.5 Å². The van der Waals surface area contributed by atoms with Crippen molar-refractivity contribution in [2.75, 3.05) is 26.8 Å². The monoisotopic (exact) mass is 345 g/mol. The summed E-state index contributed by atoms with van der Waals surface area (Å²) in [5, 5.41) is 0. The molecule has 0 spiro atoms. The van der Waals surface area contributed by atoms with Crippen LogP contribution < -0.4 is 4.74 Å². The lowest BCUT2D eigenvalue weighted by Gasteiger charge is -2.30. The van der Waals surface area contributed by atoms with Gasteiger partial charge in [0.15, 0.2) is 11.6 Å². The standard InChI is InChI=1S/C15H20FNO5S/c1-3-22-15(18)11-6-8-17(9-7-11)23(19,20)12-4-5-14(21-2)13(16)10-12/h4-5,10-11H,3,6-9H2,1-2H3. The Balaban J connectivity index is 2.10. The van der Waals surface area contributed by atoms with E-state index in [4.69, 9.17) is 9.47 Å². The van der Waals surface area contributed by atoms with E-state index in [0.29, 0.717) is 19.4 Å². The molecule has 0 N–H and O–H groups in total. The first-order chi connectivity index (χ1) is 10.9. The van der Waals surface area contributed by atoms with Crippen LogP contribution in [0.15, 0.2) is 23.1 Å². The van der Waals surface area contributed by atoms with Gasteiger partial charge in [0, 0.05) is 13.1 Å². The zero-order valence-corrected chi connectivity index (χ0v) is 13.9. The first kappa shape index (κ1) is 17.7. The van der Waals surface area contributed by atoms with Crippen molar-refractivity contribution in [1.29, 1.82) is 0 Å². The molecule has 0 amide bonds. The maximum Gasteiger partial charge on any atom is 0.309 e. The predicted molar refractivity (Wildman–Crippen MR) is 81.1 cm³/mol. The summed E-state index contributed by atoms with van der Waals surface area (Å²) in [6.07, 6.45) is 0.799. The normalized spacial score (nSPS) is 17.0. The first-order valence-electron chi connectivity index (χ1n) is 7.40. The minimum atomic E-state index is -3.79. The summed E-state index contributed by atoms with van der Waals surface area (Å²) in [7, 11) is -2.47. The molecule has 0 saturated carbocycles. The number of nitrogens with zero attached hydrogens (tertiary/aromatic N) is 1. The smallest absolute Gasteiger partial charge is 0.309 e. The van der Waals surface area contributed by atoms with E-state index in [2.05, 4.69) is 0 Å². The molecule has 0 aromatic heterocycles. The number of hydrogen-bond donors (Lipinski definition) is 0. The van der Waals surface area contributed by atoms with Crippen LogP contribution >= 0.6 is 0 Å². The third kappa shape index (κ3) is 3.81. The van der Waals surface area contributed by atoms with E-state index in [9.17, 15) is 17.6 Å². The van der Waals surface area contributed by atoms with Crippen molar-refractivity contribution in [2.45, 2.75) is 24.7 Å². The number of benzene rings is 1. The molecule has 1 aromatic rings. The summed E-state index contributed by atoms with van der Waals surface area (Å²) in [5.41, 5.74) is 0. The van der Waals surface area contributed by atoms with Crippen LogP contribution in [0.4, 0.5) is 4.39 Å². The van der Waals surface area contributed by atoms with Gasteiger partial charge in [-0.2, -0.15) is 4.31 Å². The molecule has 0 atom stereocenters. The number of sulfonamides is 1. The van der Waals surface area contributed by atoms with Crippen molar-refractivity contribution in [1.82, 2.24) is 4.31 Å². The number of methoxy groups -OCH3 is 1. The lowest BCUT2D eigenvalue weighted by atomic mass is 9.98. The van der Waals surface area contributed by atoms with Gasteiger partial charge in [-0.05, 0) is 38.0 Å². The molecule has 0 aliphatic carbocycles. The SMILES string of the molecule is CCOC(=O)C1CCN(S(=O)(=O)c2ccc(OC)c(F)c2)CC1. The van der Waals surface area contributed by atoms with Gasteiger partial charge in [-0.3, -0.25) is 4.79 Å². The van der Waals surface area contributed by atoms with Crippen LogP contribution in [0.2, 0.25) is 0 Å². The van der Waals surface area contributed by atoms with Crippen molar-refractivity contribution in [3.8, 4) is 5.75 Å². The van der Waals surface area contributed by atoms with Gasteiger partial charge < -0.3 is 9.47 Å². The second-order valence-corrected chi connectivity index (χ2v) is 7.16. The van der Waals surface area contributed by atoms with Crippen molar-refractivity contribution < 1.29 is 27.1 Å². The van der Waals surface area contributed by atoms with E-state index in [0.717, 1.165) is 6.07 Å². The van der Waals surface area contributed by atoms with Gasteiger partial charge in [0.25, 0.3) is 0 Å². The molecular formula is C15H20FNO5S. The molecule has 6 nitrogen and oxygen atoms in total. The maximum absolute atomic E-state index is 13.7. The van der Waals surface area contributed by atoms with Gasteiger partial charge in [-0.1, -0.05) is 0 Å². The minimum Gasteiger partial charge on any atom is -0.494 e. The largest absolute Gasteiger partial charge is 0.494 e. The third-order valence-electron chi connectivity index (χ3n) is 3.83. The second kappa shape index (κ2) is 7.27. The quantitative estimate of drug-likeness (QED) is 0.761. The van der Waals surface area contributed by atoms with E-state index in [1.165, 1.54) is 23.5 Å². The molecule has 8 heteroatoms. The van der Waals surface area contributed by atoms with Gasteiger partial charge in [0.2, 0.25) is 10.0 Å². The van der Waals surface area contributed by atoms with Crippen molar-refractivity contribution in [3.63, 3.8) is 0 Å². The molecule has 23 heavy (non-hydrogen) atoms. The minimum absolute atomic E-state index is 0.00929. The summed E-state index contributed by atoms with van der Waals surface area (Å²) in [4.78, 5) is 11.6. The zero-order chi connectivity index (χ0) is 17.0. The number of ether oxygens (including phenoxy) is 2. The Morgan fingerprint density at radius 2 is 2.00 bits per heavy atom. The summed E-state index contributed by atoms with van der Waals surface area (Å²) >= 11 is 0. The Morgan fingerprint density at radius 3 is 2.52 bits per heavy atom. The number of carbonyl (C=O) groups excluding carboxylic acids is 1. The molecule has 1 aliphatic heterocycles. The third-order valence-corrected chi connectivity index (χ3v) is 5.73. The van der Waals surface area contributed by atoms with E-state index in [1.807, 2.05) is 0 Å². The highest BCUT2D eigenvalue weighted by Gasteiger charge is 2.33. The van der Waals surface area contributed by atoms with Crippen LogP contribution in [0, 0.1) is 11.7 Å². The fraction of sp³-hybridized carbons (Fsp3) is 0.533. The average molecular weight is 345 g/mol. The van der Waals surface area contributed by atoms with Crippen molar-refractivity contribution in [2.24, 2.45) is 5.92 Å². The average Bonchev–Trinajstić information content (AvgIpc) is 2.55. The molecule has 128 valence electrons. The zero-order valence-electron chi connectivity index (χ0n) is 13.1. The molecule has 1 aliphatic rings. The van der Waals surface area contributed by atoms with Crippen molar-refractivity contribution in [3.05, 3.63) is 24.0 Å². The number of carbonyl (C=O) groups is 1. The number of halogens is 1. The van der Waals surface area contributed by atoms with Gasteiger partial charge in [-0.15, -0.1) is 0 Å². The Hall–Kier alpha value is -1.67. The molecule has 0 radical (unpaired) electrons. The highest BCUT2D eigenvalue weighted by Crippen LogP contribution is 2.27.